The van der Waals surface area contributed by atoms with Crippen LogP contribution in [-0.2, 0) is 0 Å². The minimum Gasteiger partial charge on any atom is -0.398 e. The van der Waals surface area contributed by atoms with E-state index in [2.05, 4.69) is 18.3 Å². The highest BCUT2D eigenvalue weighted by Crippen LogP contribution is 2.26. The van der Waals surface area contributed by atoms with Gasteiger partial charge >= 0.3 is 0 Å². The highest BCUT2D eigenvalue weighted by atomic mass is 14.9. The molecule has 1 aromatic carbocycles. The van der Waals surface area contributed by atoms with E-state index in [-0.39, 0.29) is 0 Å². The van der Waals surface area contributed by atoms with E-state index in [0.29, 0.717) is 0 Å². The van der Waals surface area contributed by atoms with Gasteiger partial charge in [0, 0.05) is 17.9 Å². The van der Waals surface area contributed by atoms with E-state index in [0.717, 1.165) is 18.2 Å². The second-order valence-electron chi connectivity index (χ2n) is 4.55. The maximum absolute atomic E-state index is 5.86. The van der Waals surface area contributed by atoms with Gasteiger partial charge in [-0.1, -0.05) is 18.9 Å². The molecule has 2 heteroatoms. The zero-order chi connectivity index (χ0) is 10.7. The molecule has 2 rings (SSSR count). The topological polar surface area (TPSA) is 38.0 Å². The van der Waals surface area contributed by atoms with E-state index < -0.39 is 0 Å². The summed E-state index contributed by atoms with van der Waals surface area (Å²) in [5, 5.41) is 3.52. The maximum Gasteiger partial charge on any atom is 0.0390 e. The van der Waals surface area contributed by atoms with Gasteiger partial charge in [0.05, 0.1) is 0 Å². The molecule has 15 heavy (non-hydrogen) atoms. The maximum atomic E-state index is 5.86. The van der Waals surface area contributed by atoms with Crippen LogP contribution < -0.4 is 11.1 Å². The molecule has 2 nitrogen and oxygen atoms in total. The number of hydrogen-bond acceptors (Lipinski definition) is 2. The van der Waals surface area contributed by atoms with Crippen molar-refractivity contribution in [2.45, 2.75) is 32.6 Å². The van der Waals surface area contributed by atoms with Crippen molar-refractivity contribution in [3.8, 4) is 0 Å². The van der Waals surface area contributed by atoms with Crippen LogP contribution in [0.4, 0.5) is 11.4 Å². The summed E-state index contributed by atoms with van der Waals surface area (Å²) in [5.74, 6) is 0.867. The Morgan fingerprint density at radius 3 is 2.80 bits per heavy atom. The van der Waals surface area contributed by atoms with Gasteiger partial charge < -0.3 is 11.1 Å². The smallest absolute Gasteiger partial charge is 0.0390 e. The van der Waals surface area contributed by atoms with Crippen LogP contribution in [0.15, 0.2) is 18.2 Å². The summed E-state index contributed by atoms with van der Waals surface area (Å²) >= 11 is 0. The Kier molecular flexibility index (Phi) is 3.14. The van der Waals surface area contributed by atoms with Crippen molar-refractivity contribution in [3.63, 3.8) is 0 Å². The van der Waals surface area contributed by atoms with Crippen molar-refractivity contribution in [3.05, 3.63) is 23.8 Å². The fraction of sp³-hybridized carbons (Fsp3) is 0.538. The van der Waals surface area contributed by atoms with Crippen molar-refractivity contribution in [2.24, 2.45) is 5.92 Å². The van der Waals surface area contributed by atoms with Crippen molar-refractivity contribution < 1.29 is 0 Å². The number of nitrogens with two attached hydrogens (primary N) is 1. The van der Waals surface area contributed by atoms with Crippen molar-refractivity contribution in [1.29, 1.82) is 0 Å². The summed E-state index contributed by atoms with van der Waals surface area (Å²) in [6.45, 7) is 3.18. The molecule has 0 radical (unpaired) electrons. The van der Waals surface area contributed by atoms with E-state index in [4.69, 9.17) is 5.73 Å². The zero-order valence-corrected chi connectivity index (χ0v) is 9.42. The van der Waals surface area contributed by atoms with E-state index in [1.165, 1.54) is 36.9 Å². The van der Waals surface area contributed by atoms with Crippen molar-refractivity contribution in [1.82, 2.24) is 0 Å². The number of anilines is 2. The third-order valence-electron chi connectivity index (χ3n) is 3.43. The van der Waals surface area contributed by atoms with Crippen molar-refractivity contribution >= 4 is 11.4 Å². The first-order valence-electron chi connectivity index (χ1n) is 5.86. The summed E-state index contributed by atoms with van der Waals surface area (Å²) < 4.78 is 0. The lowest BCUT2D eigenvalue weighted by Gasteiger charge is -2.14. The second kappa shape index (κ2) is 4.56. The van der Waals surface area contributed by atoms with Crippen LogP contribution in [0.2, 0.25) is 0 Å². The average Bonchev–Trinajstić information content (AvgIpc) is 2.73. The van der Waals surface area contributed by atoms with Crippen LogP contribution >= 0.6 is 0 Å². The molecular formula is C13H20N2. The first-order chi connectivity index (χ1) is 7.27. The lowest BCUT2D eigenvalue weighted by atomic mass is 10.1. The predicted octanol–water partition coefficient (Wildman–Crippen LogP) is 3.18. The Hall–Kier alpha value is -1.18. The van der Waals surface area contributed by atoms with E-state index in [9.17, 15) is 0 Å². The minimum absolute atomic E-state index is 0.867. The van der Waals surface area contributed by atoms with Crippen LogP contribution in [0.3, 0.4) is 0 Å². The van der Waals surface area contributed by atoms with Crippen LogP contribution in [0.5, 0.6) is 0 Å². The highest BCUT2D eigenvalue weighted by molar-refractivity contribution is 5.62. The van der Waals surface area contributed by atoms with Gasteiger partial charge in [0.15, 0.2) is 0 Å². The molecule has 1 aliphatic rings. The van der Waals surface area contributed by atoms with E-state index >= 15 is 0 Å². The molecule has 0 bridgehead atoms. The molecular weight excluding hydrogens is 184 g/mol. The van der Waals surface area contributed by atoms with Gasteiger partial charge in [-0.05, 0) is 43.4 Å². The molecule has 0 unspecified atom stereocenters. The molecule has 3 N–H and O–H groups in total. The summed E-state index contributed by atoms with van der Waals surface area (Å²) in [6.07, 6.45) is 5.58. The number of nitrogen functional groups attached to an aromatic ring is 1. The summed E-state index contributed by atoms with van der Waals surface area (Å²) in [6, 6.07) is 6.08. The molecule has 82 valence electrons. The van der Waals surface area contributed by atoms with Gasteiger partial charge in [-0.2, -0.15) is 0 Å². The quantitative estimate of drug-likeness (QED) is 0.742. The number of benzene rings is 1. The monoisotopic (exact) mass is 204 g/mol. The number of hydrogen-bond donors (Lipinski definition) is 2. The molecule has 0 aromatic heterocycles. The van der Waals surface area contributed by atoms with Gasteiger partial charge in [-0.15, -0.1) is 0 Å². The molecule has 1 aliphatic carbocycles. The fourth-order valence-corrected chi connectivity index (χ4v) is 2.31. The molecule has 0 aliphatic heterocycles. The van der Waals surface area contributed by atoms with Crippen LogP contribution in [0.1, 0.15) is 31.2 Å². The normalized spacial score (nSPS) is 16.9. The fourth-order valence-electron chi connectivity index (χ4n) is 2.31. The third kappa shape index (κ3) is 2.44. The number of nitrogens with one attached hydrogen (secondary N) is 1. The number of rotatable bonds is 3. The SMILES string of the molecule is Cc1c(N)cccc1NCC1CCCC1. The Balaban J connectivity index is 1.95. The molecule has 1 saturated carbocycles. The molecule has 0 saturated heterocycles. The predicted molar refractivity (Wildman–Crippen MR) is 66.0 cm³/mol. The Bertz CT molecular complexity index is 327. The Labute approximate surface area is 91.9 Å². The lowest BCUT2D eigenvalue weighted by molar-refractivity contribution is 0.580. The second-order valence-corrected chi connectivity index (χ2v) is 4.55. The molecule has 0 heterocycles. The standard InChI is InChI=1S/C13H20N2/c1-10-12(14)7-4-8-13(10)15-9-11-5-2-3-6-11/h4,7-8,11,15H,2-3,5-6,9,14H2,1H3. The van der Waals surface area contributed by atoms with E-state index in [1.807, 2.05) is 12.1 Å². The van der Waals surface area contributed by atoms with Gasteiger partial charge in [0.25, 0.3) is 0 Å². The Morgan fingerprint density at radius 1 is 1.33 bits per heavy atom. The third-order valence-corrected chi connectivity index (χ3v) is 3.43. The molecule has 0 spiro atoms. The van der Waals surface area contributed by atoms with Crippen LogP contribution in [0, 0.1) is 12.8 Å². The largest absolute Gasteiger partial charge is 0.398 e. The zero-order valence-electron chi connectivity index (χ0n) is 9.42. The Morgan fingerprint density at radius 2 is 2.07 bits per heavy atom. The van der Waals surface area contributed by atoms with Crippen molar-refractivity contribution in [2.75, 3.05) is 17.6 Å². The summed E-state index contributed by atoms with van der Waals surface area (Å²) in [4.78, 5) is 0. The molecule has 1 aromatic rings. The summed E-state index contributed by atoms with van der Waals surface area (Å²) in [5.41, 5.74) is 9.12. The molecule has 1 fully saturated rings. The first-order valence-corrected chi connectivity index (χ1v) is 5.86. The highest BCUT2D eigenvalue weighted by Gasteiger charge is 2.14. The average molecular weight is 204 g/mol. The van der Waals surface area contributed by atoms with Gasteiger partial charge in [0.1, 0.15) is 0 Å². The van der Waals surface area contributed by atoms with Gasteiger partial charge in [-0.25, -0.2) is 0 Å². The molecule has 0 amide bonds. The first kappa shape index (κ1) is 10.3. The van der Waals surface area contributed by atoms with Gasteiger partial charge in [-0.3, -0.25) is 0 Å². The summed E-state index contributed by atoms with van der Waals surface area (Å²) in [7, 11) is 0. The van der Waals surface area contributed by atoms with Gasteiger partial charge in [0.2, 0.25) is 0 Å². The lowest BCUT2D eigenvalue weighted by Crippen LogP contribution is -2.12. The van der Waals surface area contributed by atoms with E-state index in [1.54, 1.807) is 0 Å². The van der Waals surface area contributed by atoms with Crippen LogP contribution in [-0.4, -0.2) is 6.54 Å². The van der Waals surface area contributed by atoms with Crippen LogP contribution in [0.25, 0.3) is 0 Å². The minimum atomic E-state index is 0.867. The molecule has 0 atom stereocenters.